The first-order valence-corrected chi connectivity index (χ1v) is 5.93. The van der Waals surface area contributed by atoms with Crippen LogP contribution >= 0.6 is 15.9 Å². The topological polar surface area (TPSA) is 37.8 Å². The lowest BCUT2D eigenvalue weighted by Crippen LogP contribution is -2.21. The number of nitrogens with zero attached hydrogens (tertiary/aromatic N) is 1. The van der Waals surface area contributed by atoms with Crippen LogP contribution in [0, 0.1) is 0 Å². The van der Waals surface area contributed by atoms with Gasteiger partial charge in [0.05, 0.1) is 11.7 Å². The average molecular weight is 261 g/mol. The zero-order valence-electron chi connectivity index (χ0n) is 8.93. The molecule has 1 rings (SSSR count). The van der Waals surface area contributed by atoms with E-state index in [9.17, 15) is 4.79 Å². The summed E-state index contributed by atoms with van der Waals surface area (Å²) in [6, 6.07) is 0.291. The standard InChI is InChI=1S/C10H17BrN2O/c1-4-7(5-2)13-10(14)9(11)8(6-3)12-13/h7,12H,4-6H2,1-3H3. The van der Waals surface area contributed by atoms with Gasteiger partial charge in [0.25, 0.3) is 5.56 Å². The van der Waals surface area contributed by atoms with Gasteiger partial charge in [0.2, 0.25) is 0 Å². The lowest BCUT2D eigenvalue weighted by Gasteiger charge is -2.12. The van der Waals surface area contributed by atoms with Gasteiger partial charge in [-0.2, -0.15) is 0 Å². The van der Waals surface area contributed by atoms with Gasteiger partial charge in [-0.1, -0.05) is 20.8 Å². The molecular weight excluding hydrogens is 244 g/mol. The van der Waals surface area contributed by atoms with E-state index in [1.54, 1.807) is 4.68 Å². The lowest BCUT2D eigenvalue weighted by atomic mass is 10.2. The van der Waals surface area contributed by atoms with Gasteiger partial charge in [0.15, 0.2) is 0 Å². The van der Waals surface area contributed by atoms with Gasteiger partial charge in [-0.05, 0) is 35.2 Å². The molecule has 0 aliphatic heterocycles. The number of rotatable bonds is 4. The van der Waals surface area contributed by atoms with Crippen molar-refractivity contribution in [3.63, 3.8) is 0 Å². The van der Waals surface area contributed by atoms with Crippen molar-refractivity contribution >= 4 is 15.9 Å². The molecule has 0 spiro atoms. The maximum Gasteiger partial charge on any atom is 0.281 e. The van der Waals surface area contributed by atoms with Gasteiger partial charge in [-0.25, -0.2) is 4.68 Å². The summed E-state index contributed by atoms with van der Waals surface area (Å²) < 4.78 is 2.43. The quantitative estimate of drug-likeness (QED) is 0.889. The second-order valence-electron chi connectivity index (χ2n) is 3.40. The minimum Gasteiger partial charge on any atom is -0.298 e. The summed E-state index contributed by atoms with van der Waals surface area (Å²) in [6.45, 7) is 6.23. The Kier molecular flexibility index (Phi) is 3.98. The van der Waals surface area contributed by atoms with Gasteiger partial charge in [0.1, 0.15) is 4.47 Å². The van der Waals surface area contributed by atoms with Crippen LogP contribution in [0.4, 0.5) is 0 Å². The molecule has 0 atom stereocenters. The summed E-state index contributed by atoms with van der Waals surface area (Å²) in [5, 5.41) is 3.16. The van der Waals surface area contributed by atoms with Gasteiger partial charge in [-0.3, -0.25) is 9.89 Å². The van der Waals surface area contributed by atoms with Gasteiger partial charge in [0, 0.05) is 0 Å². The van der Waals surface area contributed by atoms with E-state index in [0.29, 0.717) is 10.5 Å². The van der Waals surface area contributed by atoms with Crippen molar-refractivity contribution in [2.24, 2.45) is 0 Å². The van der Waals surface area contributed by atoms with Crippen LogP contribution in [0.2, 0.25) is 0 Å². The molecule has 0 aromatic carbocycles. The number of hydrogen-bond donors (Lipinski definition) is 1. The normalized spacial score (nSPS) is 11.2. The van der Waals surface area contributed by atoms with Crippen molar-refractivity contribution in [1.82, 2.24) is 9.78 Å². The molecule has 14 heavy (non-hydrogen) atoms. The molecule has 0 aliphatic carbocycles. The first-order valence-electron chi connectivity index (χ1n) is 5.14. The van der Waals surface area contributed by atoms with E-state index in [2.05, 4.69) is 34.9 Å². The number of hydrogen-bond acceptors (Lipinski definition) is 1. The van der Waals surface area contributed by atoms with E-state index in [1.165, 1.54) is 0 Å². The highest BCUT2D eigenvalue weighted by molar-refractivity contribution is 9.10. The maximum absolute atomic E-state index is 11.8. The highest BCUT2D eigenvalue weighted by Crippen LogP contribution is 2.16. The van der Waals surface area contributed by atoms with E-state index < -0.39 is 0 Å². The minimum atomic E-state index is 0.0653. The van der Waals surface area contributed by atoms with Crippen molar-refractivity contribution in [1.29, 1.82) is 0 Å². The zero-order valence-corrected chi connectivity index (χ0v) is 10.5. The molecule has 0 saturated carbocycles. The van der Waals surface area contributed by atoms with Crippen LogP contribution in [0.25, 0.3) is 0 Å². The molecule has 0 unspecified atom stereocenters. The first-order chi connectivity index (χ1) is 6.65. The molecule has 0 saturated heterocycles. The van der Waals surface area contributed by atoms with Crippen LogP contribution in [-0.4, -0.2) is 9.78 Å². The number of aryl methyl sites for hydroxylation is 1. The molecule has 1 aromatic rings. The van der Waals surface area contributed by atoms with Crippen molar-refractivity contribution in [2.45, 2.75) is 46.1 Å². The summed E-state index contributed by atoms with van der Waals surface area (Å²) in [7, 11) is 0. The summed E-state index contributed by atoms with van der Waals surface area (Å²) in [5.74, 6) is 0. The smallest absolute Gasteiger partial charge is 0.281 e. The van der Waals surface area contributed by atoms with E-state index in [0.717, 1.165) is 25.0 Å². The molecule has 4 heteroatoms. The van der Waals surface area contributed by atoms with Crippen molar-refractivity contribution in [3.8, 4) is 0 Å². The molecule has 0 fully saturated rings. The van der Waals surface area contributed by atoms with Gasteiger partial charge in [-0.15, -0.1) is 0 Å². The third-order valence-electron chi connectivity index (χ3n) is 2.59. The molecular formula is C10H17BrN2O. The zero-order chi connectivity index (χ0) is 10.7. The number of aromatic amines is 1. The van der Waals surface area contributed by atoms with Gasteiger partial charge < -0.3 is 0 Å². The Morgan fingerprint density at radius 3 is 2.29 bits per heavy atom. The number of halogens is 1. The Hall–Kier alpha value is -0.510. The highest BCUT2D eigenvalue weighted by atomic mass is 79.9. The van der Waals surface area contributed by atoms with Crippen LogP contribution in [0.15, 0.2) is 9.27 Å². The monoisotopic (exact) mass is 260 g/mol. The van der Waals surface area contributed by atoms with E-state index in [4.69, 9.17) is 0 Å². The average Bonchev–Trinajstić information content (AvgIpc) is 2.48. The molecule has 1 aromatic heterocycles. The summed E-state index contributed by atoms with van der Waals surface area (Å²) in [6.07, 6.45) is 2.81. The fraction of sp³-hybridized carbons (Fsp3) is 0.700. The fourth-order valence-corrected chi connectivity index (χ4v) is 2.19. The molecule has 3 nitrogen and oxygen atoms in total. The van der Waals surface area contributed by atoms with Crippen molar-refractivity contribution < 1.29 is 0 Å². The second-order valence-corrected chi connectivity index (χ2v) is 4.20. The van der Waals surface area contributed by atoms with Gasteiger partial charge >= 0.3 is 0 Å². The van der Waals surface area contributed by atoms with Crippen molar-refractivity contribution in [3.05, 3.63) is 20.5 Å². The maximum atomic E-state index is 11.8. The molecule has 0 radical (unpaired) electrons. The summed E-state index contributed by atoms with van der Waals surface area (Å²) >= 11 is 3.32. The van der Waals surface area contributed by atoms with Crippen LogP contribution < -0.4 is 5.56 Å². The molecule has 0 bridgehead atoms. The SMILES string of the molecule is CCc1[nH]n(C(CC)CC)c(=O)c1Br. The number of aromatic nitrogens is 2. The predicted molar refractivity (Wildman–Crippen MR) is 61.7 cm³/mol. The molecule has 0 aliphatic rings. The number of H-pyrrole nitrogens is 1. The third-order valence-corrected chi connectivity index (χ3v) is 3.41. The summed E-state index contributed by atoms with van der Waals surface area (Å²) in [5.41, 5.74) is 1.05. The molecule has 1 heterocycles. The van der Waals surface area contributed by atoms with Crippen molar-refractivity contribution in [2.75, 3.05) is 0 Å². The Balaban J connectivity index is 3.15. The predicted octanol–water partition coefficient (Wildman–Crippen LogP) is 2.86. The molecule has 80 valence electrons. The second kappa shape index (κ2) is 4.82. The molecule has 1 N–H and O–H groups in total. The van der Waals surface area contributed by atoms with E-state index in [-0.39, 0.29) is 5.56 Å². The Bertz CT molecular complexity index is 349. The van der Waals surface area contributed by atoms with E-state index >= 15 is 0 Å². The molecule has 0 amide bonds. The largest absolute Gasteiger partial charge is 0.298 e. The van der Waals surface area contributed by atoms with Crippen LogP contribution in [0.1, 0.15) is 45.3 Å². The summed E-state index contributed by atoms with van der Waals surface area (Å²) in [4.78, 5) is 11.8. The third kappa shape index (κ3) is 1.95. The van der Waals surface area contributed by atoms with Crippen LogP contribution in [-0.2, 0) is 6.42 Å². The number of nitrogens with one attached hydrogen (secondary N) is 1. The van der Waals surface area contributed by atoms with E-state index in [1.807, 2.05) is 6.92 Å². The highest BCUT2D eigenvalue weighted by Gasteiger charge is 2.14. The fourth-order valence-electron chi connectivity index (χ4n) is 1.63. The Morgan fingerprint density at radius 1 is 1.36 bits per heavy atom. The Morgan fingerprint density at radius 2 is 1.93 bits per heavy atom. The first kappa shape index (κ1) is 11.6. The van der Waals surface area contributed by atoms with Crippen LogP contribution in [0.5, 0.6) is 0 Å². The Labute approximate surface area is 92.6 Å². The lowest BCUT2D eigenvalue weighted by molar-refractivity contribution is 0.415. The van der Waals surface area contributed by atoms with Crippen LogP contribution in [0.3, 0.4) is 0 Å². The minimum absolute atomic E-state index is 0.0653.